The van der Waals surface area contributed by atoms with Gasteiger partial charge in [0.1, 0.15) is 0 Å². The summed E-state index contributed by atoms with van der Waals surface area (Å²) in [7, 11) is 4.72. The van der Waals surface area contributed by atoms with Crippen LogP contribution in [0.15, 0.2) is 12.1 Å². The van der Waals surface area contributed by atoms with Gasteiger partial charge in [0.05, 0.1) is 26.9 Å². The Hall–Kier alpha value is -1.99. The number of amides is 1. The Labute approximate surface area is 142 Å². The van der Waals surface area contributed by atoms with Gasteiger partial charge in [-0.3, -0.25) is 4.79 Å². The first-order chi connectivity index (χ1) is 11.6. The molecule has 134 valence electrons. The Balaban J connectivity index is 2.00. The number of methoxy groups -OCH3 is 3. The van der Waals surface area contributed by atoms with Gasteiger partial charge < -0.3 is 30.0 Å². The van der Waals surface area contributed by atoms with Crippen LogP contribution in [0.1, 0.15) is 18.4 Å². The zero-order chi connectivity index (χ0) is 17.6. The van der Waals surface area contributed by atoms with Crippen LogP contribution in [-0.4, -0.2) is 52.5 Å². The summed E-state index contributed by atoms with van der Waals surface area (Å²) in [6.45, 7) is 1.51. The molecule has 0 radical (unpaired) electrons. The highest BCUT2D eigenvalue weighted by Gasteiger charge is 2.35. The molecule has 1 aromatic rings. The minimum atomic E-state index is -0.833. The fraction of sp³-hybridized carbons (Fsp3) is 0.588. The lowest BCUT2D eigenvalue weighted by Crippen LogP contribution is -2.57. The standard InChI is InChI=1S/C17H26N2O5/c1-21-13-5-4-12(14(22-2)15(13)23-3)6-9-19-16(20)17(18)7-10-24-11-8-17/h4-5H,6-11,18H2,1-3H3,(H,19,20). The summed E-state index contributed by atoms with van der Waals surface area (Å²) in [4.78, 5) is 12.3. The second kappa shape index (κ2) is 8.21. The van der Waals surface area contributed by atoms with E-state index >= 15 is 0 Å². The van der Waals surface area contributed by atoms with Gasteiger partial charge in [0.25, 0.3) is 0 Å². The number of benzene rings is 1. The lowest BCUT2D eigenvalue weighted by molar-refractivity contribution is -0.129. The molecule has 2 rings (SSSR count). The van der Waals surface area contributed by atoms with Crippen molar-refractivity contribution in [1.29, 1.82) is 0 Å². The van der Waals surface area contributed by atoms with E-state index in [0.29, 0.717) is 56.3 Å². The molecule has 1 fully saturated rings. The first-order valence-corrected chi connectivity index (χ1v) is 7.98. The summed E-state index contributed by atoms with van der Waals surface area (Å²) in [6, 6.07) is 3.72. The first-order valence-electron chi connectivity index (χ1n) is 7.98. The Morgan fingerprint density at radius 1 is 1.17 bits per heavy atom. The largest absolute Gasteiger partial charge is 0.493 e. The van der Waals surface area contributed by atoms with Crippen LogP contribution in [0.5, 0.6) is 17.2 Å². The smallest absolute Gasteiger partial charge is 0.240 e. The van der Waals surface area contributed by atoms with Crippen LogP contribution in [0.3, 0.4) is 0 Å². The van der Waals surface area contributed by atoms with E-state index in [4.69, 9.17) is 24.7 Å². The van der Waals surface area contributed by atoms with Crippen molar-refractivity contribution in [2.75, 3.05) is 41.1 Å². The van der Waals surface area contributed by atoms with Gasteiger partial charge in [0, 0.05) is 25.3 Å². The summed E-state index contributed by atoms with van der Waals surface area (Å²) in [5.74, 6) is 1.62. The van der Waals surface area contributed by atoms with Crippen molar-refractivity contribution < 1.29 is 23.7 Å². The fourth-order valence-corrected chi connectivity index (χ4v) is 2.81. The Bertz CT molecular complexity index is 570. The van der Waals surface area contributed by atoms with E-state index in [0.717, 1.165) is 5.56 Å². The van der Waals surface area contributed by atoms with Crippen LogP contribution in [0, 0.1) is 0 Å². The molecule has 3 N–H and O–H groups in total. The van der Waals surface area contributed by atoms with Crippen LogP contribution < -0.4 is 25.3 Å². The van der Waals surface area contributed by atoms with E-state index in [1.54, 1.807) is 21.3 Å². The van der Waals surface area contributed by atoms with Gasteiger partial charge in [0.2, 0.25) is 11.7 Å². The normalized spacial score (nSPS) is 16.3. The van der Waals surface area contributed by atoms with Gasteiger partial charge >= 0.3 is 0 Å². The van der Waals surface area contributed by atoms with Crippen molar-refractivity contribution in [3.8, 4) is 17.2 Å². The van der Waals surface area contributed by atoms with Crippen LogP contribution in [-0.2, 0) is 16.0 Å². The summed E-state index contributed by atoms with van der Waals surface area (Å²) >= 11 is 0. The summed E-state index contributed by atoms with van der Waals surface area (Å²) in [5, 5.41) is 2.91. The fourth-order valence-electron chi connectivity index (χ4n) is 2.81. The number of carbonyl (C=O) groups is 1. The van der Waals surface area contributed by atoms with E-state index in [2.05, 4.69) is 5.32 Å². The van der Waals surface area contributed by atoms with Crippen molar-refractivity contribution in [3.63, 3.8) is 0 Å². The number of rotatable bonds is 7. The van der Waals surface area contributed by atoms with E-state index in [9.17, 15) is 4.79 Å². The van der Waals surface area contributed by atoms with Crippen molar-refractivity contribution in [3.05, 3.63) is 17.7 Å². The molecule has 0 aromatic heterocycles. The van der Waals surface area contributed by atoms with Crippen LogP contribution in [0.25, 0.3) is 0 Å². The molecule has 0 bridgehead atoms. The predicted octanol–water partition coefficient (Wildman–Crippen LogP) is 0.879. The molecular formula is C17H26N2O5. The molecule has 0 saturated carbocycles. The maximum atomic E-state index is 12.3. The van der Waals surface area contributed by atoms with Gasteiger partial charge in [-0.05, 0) is 25.3 Å². The SMILES string of the molecule is COc1ccc(CCNC(=O)C2(N)CCOCC2)c(OC)c1OC. The third-order valence-electron chi connectivity index (χ3n) is 4.30. The summed E-state index contributed by atoms with van der Waals surface area (Å²) < 4.78 is 21.3. The second-order valence-corrected chi connectivity index (χ2v) is 5.77. The third-order valence-corrected chi connectivity index (χ3v) is 4.30. The maximum absolute atomic E-state index is 12.3. The molecule has 0 atom stereocenters. The number of carbonyl (C=O) groups excluding carboxylic acids is 1. The van der Waals surface area contributed by atoms with Gasteiger partial charge in [-0.1, -0.05) is 6.07 Å². The highest BCUT2D eigenvalue weighted by Crippen LogP contribution is 2.39. The molecule has 24 heavy (non-hydrogen) atoms. The van der Waals surface area contributed by atoms with Crippen molar-refractivity contribution >= 4 is 5.91 Å². The summed E-state index contributed by atoms with van der Waals surface area (Å²) in [6.07, 6.45) is 1.68. The Morgan fingerprint density at radius 2 is 1.83 bits per heavy atom. The maximum Gasteiger partial charge on any atom is 0.240 e. The highest BCUT2D eigenvalue weighted by molar-refractivity contribution is 5.86. The number of ether oxygens (including phenoxy) is 4. The van der Waals surface area contributed by atoms with Crippen molar-refractivity contribution in [2.45, 2.75) is 24.8 Å². The average Bonchev–Trinajstić information content (AvgIpc) is 2.61. The van der Waals surface area contributed by atoms with E-state index < -0.39 is 5.54 Å². The third kappa shape index (κ3) is 3.91. The average molecular weight is 338 g/mol. The molecule has 1 amide bonds. The zero-order valence-electron chi connectivity index (χ0n) is 14.5. The topological polar surface area (TPSA) is 92.0 Å². The molecule has 7 nitrogen and oxygen atoms in total. The molecule has 1 saturated heterocycles. The van der Waals surface area contributed by atoms with Crippen molar-refractivity contribution in [2.24, 2.45) is 5.73 Å². The second-order valence-electron chi connectivity index (χ2n) is 5.77. The Kier molecular flexibility index (Phi) is 6.28. The molecule has 0 unspecified atom stereocenters. The monoisotopic (exact) mass is 338 g/mol. The number of hydrogen-bond donors (Lipinski definition) is 2. The molecule has 0 spiro atoms. The van der Waals surface area contributed by atoms with Crippen molar-refractivity contribution in [1.82, 2.24) is 5.32 Å². The van der Waals surface area contributed by atoms with Crippen LogP contribution >= 0.6 is 0 Å². The van der Waals surface area contributed by atoms with E-state index in [-0.39, 0.29) is 5.91 Å². The molecule has 1 aliphatic heterocycles. The lowest BCUT2D eigenvalue weighted by atomic mass is 9.90. The van der Waals surface area contributed by atoms with Gasteiger partial charge in [-0.15, -0.1) is 0 Å². The molecule has 1 aliphatic rings. The lowest BCUT2D eigenvalue weighted by Gasteiger charge is -2.31. The van der Waals surface area contributed by atoms with Gasteiger partial charge in [0.15, 0.2) is 11.5 Å². The minimum absolute atomic E-state index is 0.134. The van der Waals surface area contributed by atoms with E-state index in [1.165, 1.54) is 0 Å². The first kappa shape index (κ1) is 18.4. The molecular weight excluding hydrogens is 312 g/mol. The highest BCUT2D eigenvalue weighted by atomic mass is 16.5. The number of nitrogens with two attached hydrogens (primary N) is 1. The van der Waals surface area contributed by atoms with Crippen LogP contribution in [0.2, 0.25) is 0 Å². The Morgan fingerprint density at radius 3 is 2.42 bits per heavy atom. The number of nitrogens with one attached hydrogen (secondary N) is 1. The molecule has 7 heteroatoms. The van der Waals surface area contributed by atoms with Crippen LogP contribution in [0.4, 0.5) is 0 Å². The summed E-state index contributed by atoms with van der Waals surface area (Å²) in [5.41, 5.74) is 6.26. The van der Waals surface area contributed by atoms with Gasteiger partial charge in [-0.2, -0.15) is 0 Å². The molecule has 1 aromatic carbocycles. The molecule has 0 aliphatic carbocycles. The predicted molar refractivity (Wildman–Crippen MR) is 89.8 cm³/mol. The minimum Gasteiger partial charge on any atom is -0.493 e. The van der Waals surface area contributed by atoms with Gasteiger partial charge in [-0.25, -0.2) is 0 Å². The number of hydrogen-bond acceptors (Lipinski definition) is 6. The molecule has 1 heterocycles. The zero-order valence-corrected chi connectivity index (χ0v) is 14.5. The quantitative estimate of drug-likeness (QED) is 0.767. The van der Waals surface area contributed by atoms with E-state index in [1.807, 2.05) is 12.1 Å².